The minimum absolute atomic E-state index is 0.469. The van der Waals surface area contributed by atoms with E-state index >= 15 is 0 Å². The van der Waals surface area contributed by atoms with Crippen molar-refractivity contribution in [2.45, 2.75) is 6.92 Å². The van der Waals surface area contributed by atoms with E-state index in [4.69, 9.17) is 10.5 Å². The summed E-state index contributed by atoms with van der Waals surface area (Å²) in [5, 5.41) is 6.07. The molecule has 0 atom stereocenters. The number of hydrogen-bond donors (Lipinski definition) is 3. The van der Waals surface area contributed by atoms with Gasteiger partial charge in [-0.05, 0) is 19.1 Å². The number of benzene rings is 1. The zero-order valence-electron chi connectivity index (χ0n) is 11.0. The zero-order valence-corrected chi connectivity index (χ0v) is 11.0. The SMILES string of the molecule is CCOc1ccccc1Nc1ncnc(NC)c1N. The van der Waals surface area contributed by atoms with Crippen LogP contribution in [0.3, 0.4) is 0 Å². The fourth-order valence-electron chi connectivity index (χ4n) is 1.67. The predicted octanol–water partition coefficient (Wildman–Crippen LogP) is 2.24. The van der Waals surface area contributed by atoms with Gasteiger partial charge in [0.1, 0.15) is 17.8 Å². The lowest BCUT2D eigenvalue weighted by Crippen LogP contribution is -2.05. The van der Waals surface area contributed by atoms with E-state index in [1.165, 1.54) is 6.33 Å². The van der Waals surface area contributed by atoms with E-state index in [-0.39, 0.29) is 0 Å². The Kier molecular flexibility index (Phi) is 4.02. The van der Waals surface area contributed by atoms with Gasteiger partial charge in [0.05, 0.1) is 12.3 Å². The standard InChI is InChI=1S/C13H17N5O/c1-3-19-10-7-5-4-6-9(10)18-13-11(14)12(15-2)16-8-17-13/h4-8H,3,14H2,1-2H3,(H2,15,16,17,18). The molecule has 0 aliphatic heterocycles. The number of rotatable bonds is 5. The Labute approximate surface area is 112 Å². The molecule has 1 aromatic heterocycles. The van der Waals surface area contributed by atoms with Gasteiger partial charge in [0.25, 0.3) is 0 Å². The average molecular weight is 259 g/mol. The van der Waals surface area contributed by atoms with E-state index in [9.17, 15) is 0 Å². The highest BCUT2D eigenvalue weighted by Crippen LogP contribution is 2.30. The lowest BCUT2D eigenvalue weighted by atomic mass is 10.3. The van der Waals surface area contributed by atoms with Gasteiger partial charge in [0, 0.05) is 7.05 Å². The summed E-state index contributed by atoms with van der Waals surface area (Å²) in [6.45, 7) is 2.54. The highest BCUT2D eigenvalue weighted by molar-refractivity contribution is 5.78. The van der Waals surface area contributed by atoms with E-state index in [1.807, 2.05) is 31.2 Å². The number of nitrogens with zero attached hydrogens (tertiary/aromatic N) is 2. The van der Waals surface area contributed by atoms with Crippen LogP contribution in [0.5, 0.6) is 5.75 Å². The Hall–Kier alpha value is -2.50. The summed E-state index contributed by atoms with van der Waals surface area (Å²) in [5.74, 6) is 1.90. The van der Waals surface area contributed by atoms with Crippen molar-refractivity contribution in [3.8, 4) is 5.75 Å². The number of nitrogens with one attached hydrogen (secondary N) is 2. The van der Waals surface area contributed by atoms with E-state index in [0.29, 0.717) is 23.9 Å². The number of nitrogen functional groups attached to an aromatic ring is 1. The normalized spacial score (nSPS) is 10.0. The van der Waals surface area contributed by atoms with Gasteiger partial charge in [-0.1, -0.05) is 12.1 Å². The maximum absolute atomic E-state index is 5.97. The number of anilines is 4. The van der Waals surface area contributed by atoms with E-state index in [0.717, 1.165) is 11.4 Å². The summed E-state index contributed by atoms with van der Waals surface area (Å²) in [6.07, 6.45) is 1.45. The lowest BCUT2D eigenvalue weighted by molar-refractivity contribution is 0.342. The first-order valence-corrected chi connectivity index (χ1v) is 6.03. The van der Waals surface area contributed by atoms with Crippen LogP contribution in [0.2, 0.25) is 0 Å². The third kappa shape index (κ3) is 2.85. The average Bonchev–Trinajstić information content (AvgIpc) is 2.43. The summed E-state index contributed by atoms with van der Waals surface area (Å²) in [5.41, 5.74) is 7.26. The first-order chi connectivity index (χ1) is 9.26. The van der Waals surface area contributed by atoms with Crippen molar-refractivity contribution < 1.29 is 4.74 Å². The molecule has 19 heavy (non-hydrogen) atoms. The predicted molar refractivity (Wildman–Crippen MR) is 76.9 cm³/mol. The fraction of sp³-hybridized carbons (Fsp3) is 0.231. The van der Waals surface area contributed by atoms with Crippen molar-refractivity contribution in [3.05, 3.63) is 30.6 Å². The topological polar surface area (TPSA) is 85.1 Å². The van der Waals surface area contributed by atoms with Crippen LogP contribution in [0.4, 0.5) is 23.0 Å². The van der Waals surface area contributed by atoms with Crippen LogP contribution in [-0.2, 0) is 0 Å². The summed E-state index contributed by atoms with van der Waals surface area (Å²) in [4.78, 5) is 8.18. The minimum atomic E-state index is 0.469. The number of aromatic nitrogens is 2. The Morgan fingerprint density at radius 3 is 2.68 bits per heavy atom. The molecule has 1 aromatic carbocycles. The summed E-state index contributed by atoms with van der Waals surface area (Å²) in [6, 6.07) is 7.63. The highest BCUT2D eigenvalue weighted by atomic mass is 16.5. The summed E-state index contributed by atoms with van der Waals surface area (Å²) in [7, 11) is 1.76. The van der Waals surface area contributed by atoms with E-state index < -0.39 is 0 Å². The quantitative estimate of drug-likeness (QED) is 0.763. The monoisotopic (exact) mass is 259 g/mol. The van der Waals surface area contributed by atoms with Gasteiger partial charge >= 0.3 is 0 Å². The Bertz CT molecular complexity index is 558. The van der Waals surface area contributed by atoms with Crippen LogP contribution in [0, 0.1) is 0 Å². The van der Waals surface area contributed by atoms with Crippen molar-refractivity contribution in [2.24, 2.45) is 0 Å². The molecule has 0 saturated heterocycles. The maximum atomic E-state index is 5.97. The van der Waals surface area contributed by atoms with Gasteiger partial charge in [-0.2, -0.15) is 0 Å². The number of para-hydroxylation sites is 2. The molecule has 1 heterocycles. The molecule has 0 bridgehead atoms. The maximum Gasteiger partial charge on any atom is 0.159 e. The molecule has 0 aliphatic rings. The Morgan fingerprint density at radius 1 is 1.21 bits per heavy atom. The van der Waals surface area contributed by atoms with Crippen molar-refractivity contribution in [3.63, 3.8) is 0 Å². The zero-order chi connectivity index (χ0) is 13.7. The number of nitrogens with two attached hydrogens (primary N) is 1. The van der Waals surface area contributed by atoms with Crippen LogP contribution in [-0.4, -0.2) is 23.6 Å². The van der Waals surface area contributed by atoms with Crippen molar-refractivity contribution >= 4 is 23.0 Å². The van der Waals surface area contributed by atoms with Gasteiger partial charge in [-0.3, -0.25) is 0 Å². The first-order valence-electron chi connectivity index (χ1n) is 6.03. The Morgan fingerprint density at radius 2 is 1.95 bits per heavy atom. The molecule has 0 fully saturated rings. The number of ether oxygens (including phenoxy) is 1. The summed E-state index contributed by atoms with van der Waals surface area (Å²) >= 11 is 0. The van der Waals surface area contributed by atoms with Crippen molar-refractivity contribution in [1.82, 2.24) is 9.97 Å². The molecule has 2 rings (SSSR count). The molecular formula is C13H17N5O. The lowest BCUT2D eigenvalue weighted by Gasteiger charge is -2.13. The van der Waals surface area contributed by atoms with Gasteiger partial charge in [-0.25, -0.2) is 9.97 Å². The smallest absolute Gasteiger partial charge is 0.159 e. The number of hydrogen-bond acceptors (Lipinski definition) is 6. The van der Waals surface area contributed by atoms with Crippen molar-refractivity contribution in [2.75, 3.05) is 30.0 Å². The molecule has 0 saturated carbocycles. The van der Waals surface area contributed by atoms with Gasteiger partial charge in [-0.15, -0.1) is 0 Å². The van der Waals surface area contributed by atoms with Crippen LogP contribution in [0.15, 0.2) is 30.6 Å². The molecule has 0 spiro atoms. The minimum Gasteiger partial charge on any atom is -0.492 e. The molecule has 4 N–H and O–H groups in total. The molecule has 6 heteroatoms. The molecule has 100 valence electrons. The molecule has 2 aromatic rings. The second-order valence-electron chi connectivity index (χ2n) is 3.79. The van der Waals surface area contributed by atoms with Crippen LogP contribution < -0.4 is 21.1 Å². The fourth-order valence-corrected chi connectivity index (χ4v) is 1.67. The molecular weight excluding hydrogens is 242 g/mol. The molecule has 6 nitrogen and oxygen atoms in total. The van der Waals surface area contributed by atoms with E-state index in [1.54, 1.807) is 7.05 Å². The molecule has 0 amide bonds. The van der Waals surface area contributed by atoms with Crippen molar-refractivity contribution in [1.29, 1.82) is 0 Å². The highest BCUT2D eigenvalue weighted by Gasteiger charge is 2.09. The second kappa shape index (κ2) is 5.90. The Balaban J connectivity index is 2.31. The van der Waals surface area contributed by atoms with Gasteiger partial charge in [0.15, 0.2) is 11.6 Å². The first kappa shape index (κ1) is 12.9. The molecule has 0 unspecified atom stereocenters. The largest absolute Gasteiger partial charge is 0.492 e. The van der Waals surface area contributed by atoms with Crippen LogP contribution in [0.25, 0.3) is 0 Å². The van der Waals surface area contributed by atoms with Gasteiger partial charge in [0.2, 0.25) is 0 Å². The molecule has 0 aliphatic carbocycles. The van der Waals surface area contributed by atoms with Crippen LogP contribution >= 0.6 is 0 Å². The third-order valence-corrected chi connectivity index (χ3v) is 2.56. The van der Waals surface area contributed by atoms with Gasteiger partial charge < -0.3 is 21.1 Å². The summed E-state index contributed by atoms with van der Waals surface area (Å²) < 4.78 is 5.54. The van der Waals surface area contributed by atoms with E-state index in [2.05, 4.69) is 20.6 Å². The molecule has 0 radical (unpaired) electrons. The third-order valence-electron chi connectivity index (χ3n) is 2.56. The second-order valence-corrected chi connectivity index (χ2v) is 3.79. The van der Waals surface area contributed by atoms with Crippen LogP contribution in [0.1, 0.15) is 6.92 Å².